The number of hydrogen-bond donors (Lipinski definition) is 2. The molecule has 1 aromatic rings. The smallest absolute Gasteiger partial charge is 0.235 e. The number of nitrogens with one attached hydrogen (secondary N) is 2. The van der Waals surface area contributed by atoms with Crippen molar-refractivity contribution in [2.45, 2.75) is 39.3 Å². The summed E-state index contributed by atoms with van der Waals surface area (Å²) in [6.07, 6.45) is 0. The van der Waals surface area contributed by atoms with E-state index in [0.29, 0.717) is 0 Å². The van der Waals surface area contributed by atoms with Crippen molar-refractivity contribution in [2.24, 2.45) is 5.92 Å². The highest BCUT2D eigenvalue weighted by atomic mass is 79.9. The zero-order valence-electron chi connectivity index (χ0n) is 14.2. The summed E-state index contributed by atoms with van der Waals surface area (Å²) in [4.78, 5) is 12.1. The Hall–Kier alpha value is -1.58. The summed E-state index contributed by atoms with van der Waals surface area (Å²) in [7, 11) is 1.62. The maximum absolute atomic E-state index is 12.1. The van der Waals surface area contributed by atoms with Crippen molar-refractivity contribution in [2.75, 3.05) is 13.7 Å². The highest BCUT2D eigenvalue weighted by Gasteiger charge is 2.29. The van der Waals surface area contributed by atoms with Crippen LogP contribution in [0.15, 0.2) is 22.7 Å². The fourth-order valence-corrected chi connectivity index (χ4v) is 2.51. The SMILES string of the molecule is COc1ccc([C@H](C)NCC(=O)N[C@@](C)(C#N)C(C)C)cc1Br. The van der Waals surface area contributed by atoms with Crippen molar-refractivity contribution in [1.82, 2.24) is 10.6 Å². The molecular weight excluding hydrogens is 358 g/mol. The molecule has 0 spiro atoms. The number of amides is 1. The Labute approximate surface area is 146 Å². The number of ether oxygens (including phenoxy) is 1. The number of nitrogens with zero attached hydrogens (tertiary/aromatic N) is 1. The van der Waals surface area contributed by atoms with Gasteiger partial charge < -0.3 is 15.4 Å². The number of halogens is 1. The highest BCUT2D eigenvalue weighted by molar-refractivity contribution is 9.10. The van der Waals surface area contributed by atoms with Gasteiger partial charge in [0.05, 0.1) is 24.2 Å². The van der Waals surface area contributed by atoms with Crippen LogP contribution in [0.25, 0.3) is 0 Å². The molecule has 0 saturated heterocycles. The molecule has 0 fully saturated rings. The Balaban J connectivity index is 2.62. The molecule has 1 rings (SSSR count). The molecule has 23 heavy (non-hydrogen) atoms. The van der Waals surface area contributed by atoms with Gasteiger partial charge in [-0.15, -0.1) is 0 Å². The van der Waals surface area contributed by atoms with E-state index in [-0.39, 0.29) is 24.4 Å². The second-order valence-electron chi connectivity index (χ2n) is 6.01. The molecule has 0 aromatic heterocycles. The van der Waals surface area contributed by atoms with Crippen LogP contribution in [0.3, 0.4) is 0 Å². The summed E-state index contributed by atoms with van der Waals surface area (Å²) >= 11 is 3.45. The van der Waals surface area contributed by atoms with Gasteiger partial charge in [0, 0.05) is 6.04 Å². The van der Waals surface area contributed by atoms with Gasteiger partial charge in [-0.3, -0.25) is 4.79 Å². The topological polar surface area (TPSA) is 74.2 Å². The van der Waals surface area contributed by atoms with E-state index in [9.17, 15) is 10.1 Å². The minimum absolute atomic E-state index is 0.00431. The molecule has 6 heteroatoms. The van der Waals surface area contributed by atoms with E-state index >= 15 is 0 Å². The van der Waals surface area contributed by atoms with Crippen molar-refractivity contribution in [1.29, 1.82) is 5.26 Å². The molecule has 0 aliphatic carbocycles. The molecule has 2 atom stereocenters. The lowest BCUT2D eigenvalue weighted by atomic mass is 9.90. The summed E-state index contributed by atoms with van der Waals surface area (Å²) in [6, 6.07) is 7.95. The molecule has 5 nitrogen and oxygen atoms in total. The van der Waals surface area contributed by atoms with Gasteiger partial charge >= 0.3 is 0 Å². The first-order valence-corrected chi connectivity index (χ1v) is 8.32. The summed E-state index contributed by atoms with van der Waals surface area (Å²) in [5, 5.41) is 15.2. The normalized spacial score (nSPS) is 14.7. The van der Waals surface area contributed by atoms with Crippen LogP contribution in [0.5, 0.6) is 5.75 Å². The van der Waals surface area contributed by atoms with Gasteiger partial charge in [-0.1, -0.05) is 19.9 Å². The second-order valence-corrected chi connectivity index (χ2v) is 6.87. The predicted octanol–water partition coefficient (Wildman–Crippen LogP) is 3.16. The van der Waals surface area contributed by atoms with Gasteiger partial charge in [-0.2, -0.15) is 5.26 Å². The van der Waals surface area contributed by atoms with E-state index in [0.717, 1.165) is 15.8 Å². The molecule has 0 radical (unpaired) electrons. The molecule has 0 unspecified atom stereocenters. The quantitative estimate of drug-likeness (QED) is 0.760. The average Bonchev–Trinajstić information content (AvgIpc) is 2.52. The van der Waals surface area contributed by atoms with Gasteiger partial charge in [0.2, 0.25) is 5.91 Å². The Morgan fingerprint density at radius 3 is 2.57 bits per heavy atom. The third-order valence-corrected chi connectivity index (χ3v) is 4.65. The third-order valence-electron chi connectivity index (χ3n) is 4.03. The Morgan fingerprint density at radius 1 is 1.43 bits per heavy atom. The number of benzene rings is 1. The van der Waals surface area contributed by atoms with Crippen LogP contribution in [0, 0.1) is 17.2 Å². The van der Waals surface area contributed by atoms with Crippen LogP contribution < -0.4 is 15.4 Å². The van der Waals surface area contributed by atoms with Crippen LogP contribution in [-0.2, 0) is 4.79 Å². The van der Waals surface area contributed by atoms with Gasteiger partial charge in [0.1, 0.15) is 11.3 Å². The zero-order chi connectivity index (χ0) is 17.6. The molecule has 1 amide bonds. The van der Waals surface area contributed by atoms with Crippen LogP contribution in [-0.4, -0.2) is 25.1 Å². The first-order valence-electron chi connectivity index (χ1n) is 7.52. The first-order chi connectivity index (χ1) is 10.7. The number of nitriles is 1. The minimum atomic E-state index is -0.856. The average molecular weight is 382 g/mol. The molecule has 126 valence electrons. The lowest BCUT2D eigenvalue weighted by Crippen LogP contribution is -2.51. The van der Waals surface area contributed by atoms with E-state index in [1.807, 2.05) is 39.0 Å². The molecule has 0 heterocycles. The van der Waals surface area contributed by atoms with E-state index < -0.39 is 5.54 Å². The lowest BCUT2D eigenvalue weighted by molar-refractivity contribution is -0.122. The van der Waals surface area contributed by atoms with Crippen LogP contribution in [0.2, 0.25) is 0 Å². The van der Waals surface area contributed by atoms with Crippen molar-refractivity contribution in [3.05, 3.63) is 28.2 Å². The molecule has 0 aliphatic rings. The molecule has 0 bridgehead atoms. The van der Waals surface area contributed by atoms with Gasteiger partial charge in [0.15, 0.2) is 0 Å². The van der Waals surface area contributed by atoms with E-state index in [4.69, 9.17) is 4.74 Å². The van der Waals surface area contributed by atoms with E-state index in [1.165, 1.54) is 0 Å². The Kier molecular flexibility index (Phi) is 7.04. The maximum Gasteiger partial charge on any atom is 0.235 e. The Morgan fingerprint density at radius 2 is 2.09 bits per heavy atom. The minimum Gasteiger partial charge on any atom is -0.496 e. The lowest BCUT2D eigenvalue weighted by Gasteiger charge is -2.27. The van der Waals surface area contributed by atoms with Crippen molar-refractivity contribution in [3.63, 3.8) is 0 Å². The Bertz CT molecular complexity index is 598. The maximum atomic E-state index is 12.1. The van der Waals surface area contributed by atoms with Gasteiger partial charge in [0.25, 0.3) is 0 Å². The number of methoxy groups -OCH3 is 1. The number of carbonyl (C=O) groups is 1. The predicted molar refractivity (Wildman–Crippen MR) is 94.1 cm³/mol. The van der Waals surface area contributed by atoms with Crippen LogP contribution in [0.1, 0.15) is 39.3 Å². The number of carbonyl (C=O) groups excluding carboxylic acids is 1. The fourth-order valence-electron chi connectivity index (χ4n) is 1.95. The first kappa shape index (κ1) is 19.5. The van der Waals surface area contributed by atoms with Crippen molar-refractivity contribution >= 4 is 21.8 Å². The van der Waals surface area contributed by atoms with Gasteiger partial charge in [-0.25, -0.2) is 0 Å². The number of hydrogen-bond acceptors (Lipinski definition) is 4. The molecule has 0 aliphatic heterocycles. The molecule has 0 saturated carbocycles. The third kappa shape index (κ3) is 5.22. The molecule has 1 aromatic carbocycles. The van der Waals surface area contributed by atoms with E-state index in [2.05, 4.69) is 32.6 Å². The largest absolute Gasteiger partial charge is 0.496 e. The highest BCUT2D eigenvalue weighted by Crippen LogP contribution is 2.27. The summed E-state index contributed by atoms with van der Waals surface area (Å²) < 4.78 is 6.07. The van der Waals surface area contributed by atoms with E-state index in [1.54, 1.807) is 14.0 Å². The summed E-state index contributed by atoms with van der Waals surface area (Å²) in [5.74, 6) is 0.606. The molecule has 2 N–H and O–H groups in total. The standard InChI is InChI=1S/C17H24BrN3O2/c1-11(2)17(4,10-19)21-16(22)9-20-12(3)13-6-7-15(23-5)14(18)8-13/h6-8,11-12,20H,9H2,1-5H3,(H,21,22)/t12-,17-/m0/s1. The number of rotatable bonds is 7. The monoisotopic (exact) mass is 381 g/mol. The van der Waals surface area contributed by atoms with Crippen LogP contribution in [0.4, 0.5) is 0 Å². The zero-order valence-corrected chi connectivity index (χ0v) is 15.8. The fraction of sp³-hybridized carbons (Fsp3) is 0.529. The molecular formula is C17H24BrN3O2. The van der Waals surface area contributed by atoms with Crippen molar-refractivity contribution < 1.29 is 9.53 Å². The summed E-state index contributed by atoms with van der Waals surface area (Å²) in [6.45, 7) is 7.69. The second kappa shape index (κ2) is 8.32. The van der Waals surface area contributed by atoms with Gasteiger partial charge in [-0.05, 0) is 53.4 Å². The van der Waals surface area contributed by atoms with Crippen molar-refractivity contribution in [3.8, 4) is 11.8 Å². The summed E-state index contributed by atoms with van der Waals surface area (Å²) in [5.41, 5.74) is 0.183. The van der Waals surface area contributed by atoms with Crippen LogP contribution >= 0.6 is 15.9 Å².